The Morgan fingerprint density at radius 2 is 1.51 bits per heavy atom. The highest BCUT2D eigenvalue weighted by molar-refractivity contribution is 5.89. The summed E-state index contributed by atoms with van der Waals surface area (Å²) in [6.07, 6.45) is 0. The number of nitrogens with zero attached hydrogens (tertiary/aromatic N) is 1. The Labute approximate surface area is 203 Å². The fourth-order valence-electron chi connectivity index (χ4n) is 4.06. The quantitative estimate of drug-likeness (QED) is 0.423. The van der Waals surface area contributed by atoms with Crippen LogP contribution in [0.15, 0.2) is 71.5 Å². The average molecular weight is 470 g/mol. The maximum atomic E-state index is 13.3. The summed E-state index contributed by atoms with van der Waals surface area (Å²) in [6, 6.07) is 20.8. The van der Waals surface area contributed by atoms with E-state index < -0.39 is 0 Å². The summed E-state index contributed by atoms with van der Waals surface area (Å²) >= 11 is 0. The molecular formula is C28H27N3O4. The molecule has 1 aliphatic heterocycles. The first kappa shape index (κ1) is 22.5. The van der Waals surface area contributed by atoms with Gasteiger partial charge in [0.2, 0.25) is 0 Å². The van der Waals surface area contributed by atoms with Gasteiger partial charge in [-0.25, -0.2) is 4.79 Å². The second-order valence-corrected chi connectivity index (χ2v) is 8.84. The fraction of sp³-hybridized carbons (Fsp3) is 0.214. The number of carbonyl (C=O) groups is 1. The largest absolute Gasteiger partial charge is 0.486 e. The Morgan fingerprint density at radius 3 is 2.20 bits per heavy atom. The maximum Gasteiger partial charge on any atom is 0.322 e. The highest BCUT2D eigenvalue weighted by Crippen LogP contribution is 2.33. The molecule has 2 heterocycles. The van der Waals surface area contributed by atoms with Gasteiger partial charge >= 0.3 is 6.03 Å². The number of aryl methyl sites for hydroxylation is 2. The molecule has 0 aliphatic carbocycles. The summed E-state index contributed by atoms with van der Waals surface area (Å²) in [5.41, 5.74) is 4.84. The van der Waals surface area contributed by atoms with Crippen LogP contribution in [0.2, 0.25) is 0 Å². The van der Waals surface area contributed by atoms with Gasteiger partial charge in [0.15, 0.2) is 11.5 Å². The van der Waals surface area contributed by atoms with Crippen LogP contribution in [0.3, 0.4) is 0 Å². The lowest BCUT2D eigenvalue weighted by Crippen LogP contribution is -2.35. The number of aromatic nitrogens is 1. The number of pyridine rings is 1. The van der Waals surface area contributed by atoms with E-state index in [2.05, 4.69) is 10.3 Å². The van der Waals surface area contributed by atoms with Gasteiger partial charge in [-0.15, -0.1) is 0 Å². The number of H-pyrrole nitrogens is 1. The van der Waals surface area contributed by atoms with E-state index in [4.69, 9.17) is 9.47 Å². The number of urea groups is 1. The van der Waals surface area contributed by atoms with E-state index in [-0.39, 0.29) is 18.1 Å². The second kappa shape index (κ2) is 9.54. The van der Waals surface area contributed by atoms with Crippen LogP contribution >= 0.6 is 0 Å². The van der Waals surface area contributed by atoms with Crippen molar-refractivity contribution < 1.29 is 14.3 Å². The minimum absolute atomic E-state index is 0.144. The van der Waals surface area contributed by atoms with Gasteiger partial charge in [-0.2, -0.15) is 0 Å². The summed E-state index contributed by atoms with van der Waals surface area (Å²) in [4.78, 5) is 30.8. The molecule has 0 radical (unpaired) electrons. The molecule has 0 spiro atoms. The second-order valence-electron chi connectivity index (χ2n) is 8.84. The van der Waals surface area contributed by atoms with Crippen LogP contribution in [0.25, 0.3) is 10.9 Å². The molecule has 35 heavy (non-hydrogen) atoms. The van der Waals surface area contributed by atoms with Gasteiger partial charge < -0.3 is 24.7 Å². The zero-order valence-corrected chi connectivity index (χ0v) is 19.8. The van der Waals surface area contributed by atoms with Crippen molar-refractivity contribution in [2.45, 2.75) is 26.9 Å². The molecule has 2 N–H and O–H groups in total. The molecule has 4 aromatic rings. The van der Waals surface area contributed by atoms with Crippen LogP contribution in [-0.2, 0) is 13.1 Å². The Morgan fingerprint density at radius 1 is 0.886 bits per heavy atom. The van der Waals surface area contributed by atoms with Crippen molar-refractivity contribution in [1.82, 2.24) is 9.88 Å². The fourth-order valence-corrected chi connectivity index (χ4v) is 4.06. The summed E-state index contributed by atoms with van der Waals surface area (Å²) in [5.74, 6) is 1.26. The predicted molar refractivity (Wildman–Crippen MR) is 136 cm³/mol. The van der Waals surface area contributed by atoms with E-state index in [1.807, 2.05) is 74.5 Å². The molecular weight excluding hydrogens is 442 g/mol. The van der Waals surface area contributed by atoms with Crippen LogP contribution in [0.4, 0.5) is 10.5 Å². The van der Waals surface area contributed by atoms with Crippen molar-refractivity contribution in [3.8, 4) is 11.5 Å². The number of hydrogen-bond acceptors (Lipinski definition) is 4. The molecule has 178 valence electrons. The normalized spacial score (nSPS) is 12.4. The zero-order valence-electron chi connectivity index (χ0n) is 19.8. The topological polar surface area (TPSA) is 83.7 Å². The molecule has 0 bridgehead atoms. The smallest absolute Gasteiger partial charge is 0.322 e. The summed E-state index contributed by atoms with van der Waals surface area (Å²) in [6.45, 7) is 5.48. The average Bonchev–Trinajstić information content (AvgIpc) is 2.85. The third-order valence-electron chi connectivity index (χ3n) is 6.03. The lowest BCUT2D eigenvalue weighted by Gasteiger charge is -2.24. The molecule has 3 aromatic carbocycles. The monoisotopic (exact) mass is 469 g/mol. The Balaban J connectivity index is 1.46. The Bertz CT molecular complexity index is 1430. The van der Waals surface area contributed by atoms with Crippen molar-refractivity contribution in [1.29, 1.82) is 0 Å². The number of nitrogens with one attached hydrogen (secondary N) is 2. The number of carbonyl (C=O) groups excluding carboxylic acids is 1. The van der Waals surface area contributed by atoms with Crippen molar-refractivity contribution in [2.24, 2.45) is 0 Å². The van der Waals surface area contributed by atoms with E-state index in [9.17, 15) is 9.59 Å². The third-order valence-corrected chi connectivity index (χ3v) is 6.03. The lowest BCUT2D eigenvalue weighted by atomic mass is 10.1. The van der Waals surface area contributed by atoms with Gasteiger partial charge in [-0.05, 0) is 43.7 Å². The molecule has 7 nitrogen and oxygen atoms in total. The van der Waals surface area contributed by atoms with Crippen LogP contribution in [-0.4, -0.2) is 29.1 Å². The molecule has 2 amide bonds. The SMILES string of the molecule is Cc1ccc(CN(Cc2cc3cc4c(cc3[nH]c2=O)OCCO4)C(=O)Nc2ccc(C)cc2)cc1. The predicted octanol–water partition coefficient (Wildman–Crippen LogP) is 5.15. The number of rotatable bonds is 5. The van der Waals surface area contributed by atoms with E-state index in [1.165, 1.54) is 0 Å². The number of fused-ring (bicyclic) bond motifs is 2. The number of anilines is 1. The lowest BCUT2D eigenvalue weighted by molar-refractivity contribution is 0.172. The van der Waals surface area contributed by atoms with Gasteiger partial charge in [0.1, 0.15) is 13.2 Å². The van der Waals surface area contributed by atoms with Crippen molar-refractivity contribution in [2.75, 3.05) is 18.5 Å². The van der Waals surface area contributed by atoms with Gasteiger partial charge in [0, 0.05) is 29.2 Å². The molecule has 0 saturated carbocycles. The molecule has 0 atom stereocenters. The van der Waals surface area contributed by atoms with Crippen molar-refractivity contribution in [3.63, 3.8) is 0 Å². The first-order chi connectivity index (χ1) is 16.9. The maximum absolute atomic E-state index is 13.3. The molecule has 1 aliphatic rings. The molecule has 0 saturated heterocycles. The van der Waals surface area contributed by atoms with Gasteiger partial charge in [0.05, 0.1) is 12.1 Å². The van der Waals surface area contributed by atoms with E-state index >= 15 is 0 Å². The standard InChI is InChI=1S/C28H27N3O4/c1-18-3-7-20(8-4-18)16-31(28(33)29-23-9-5-19(2)6-10-23)17-22-13-21-14-25-26(35-12-11-34-25)15-24(21)30-27(22)32/h3-10,13-15H,11-12,16-17H2,1-2H3,(H,29,33)(H,30,32). The minimum Gasteiger partial charge on any atom is -0.486 e. The number of ether oxygens (including phenoxy) is 2. The van der Waals surface area contributed by atoms with Crippen LogP contribution in [0.5, 0.6) is 11.5 Å². The van der Waals surface area contributed by atoms with Crippen LogP contribution < -0.4 is 20.3 Å². The van der Waals surface area contributed by atoms with Gasteiger partial charge in [0.25, 0.3) is 5.56 Å². The molecule has 0 unspecified atom stereocenters. The summed E-state index contributed by atoms with van der Waals surface area (Å²) in [5, 5.41) is 3.77. The Hall–Kier alpha value is -4.26. The highest BCUT2D eigenvalue weighted by atomic mass is 16.6. The molecule has 0 fully saturated rings. The minimum atomic E-state index is -0.281. The van der Waals surface area contributed by atoms with Crippen LogP contribution in [0.1, 0.15) is 22.3 Å². The molecule has 1 aromatic heterocycles. The van der Waals surface area contributed by atoms with Crippen molar-refractivity contribution >= 4 is 22.6 Å². The molecule has 7 heteroatoms. The number of benzene rings is 3. The van der Waals surface area contributed by atoms with E-state index in [0.717, 1.165) is 22.1 Å². The van der Waals surface area contributed by atoms with E-state index in [1.54, 1.807) is 11.0 Å². The van der Waals surface area contributed by atoms with Crippen molar-refractivity contribution in [3.05, 3.63) is 99.3 Å². The zero-order chi connectivity index (χ0) is 24.4. The number of amides is 2. The first-order valence-corrected chi connectivity index (χ1v) is 11.6. The Kier molecular flexibility index (Phi) is 6.14. The number of hydrogen-bond donors (Lipinski definition) is 2. The third kappa shape index (κ3) is 5.14. The molecule has 5 rings (SSSR count). The number of aromatic amines is 1. The van der Waals surface area contributed by atoms with Gasteiger partial charge in [-0.3, -0.25) is 4.79 Å². The highest BCUT2D eigenvalue weighted by Gasteiger charge is 2.19. The van der Waals surface area contributed by atoms with Crippen LogP contribution in [0, 0.1) is 13.8 Å². The summed E-state index contributed by atoms with van der Waals surface area (Å²) in [7, 11) is 0. The summed E-state index contributed by atoms with van der Waals surface area (Å²) < 4.78 is 11.3. The van der Waals surface area contributed by atoms with E-state index in [0.29, 0.717) is 48.0 Å². The first-order valence-electron chi connectivity index (χ1n) is 11.6. The van der Waals surface area contributed by atoms with Gasteiger partial charge in [-0.1, -0.05) is 47.5 Å².